The Morgan fingerprint density at radius 2 is 1.96 bits per heavy atom. The van der Waals surface area contributed by atoms with E-state index in [1.165, 1.54) is 0 Å². The molecule has 0 aromatic heterocycles. The van der Waals surface area contributed by atoms with Crippen molar-refractivity contribution in [1.29, 1.82) is 0 Å². The molecule has 0 saturated heterocycles. The van der Waals surface area contributed by atoms with Crippen LogP contribution in [0, 0.1) is 0 Å². The van der Waals surface area contributed by atoms with E-state index in [1.54, 1.807) is 6.92 Å². The fourth-order valence-corrected chi connectivity index (χ4v) is 2.11. The number of carbonyl (C=O) groups is 1. The van der Waals surface area contributed by atoms with Crippen LogP contribution >= 0.6 is 0 Å². The number of Topliss-reactive ketones (excluding diaryl/α,β-unsaturated/α-hetero) is 1. The number of ether oxygens (including phenoxy) is 2. The first-order chi connectivity index (χ1) is 11.5. The van der Waals surface area contributed by atoms with Gasteiger partial charge in [-0.1, -0.05) is 12.1 Å². The van der Waals surface area contributed by atoms with Crippen molar-refractivity contribution in [2.24, 2.45) is 0 Å². The Kier molecular flexibility index (Phi) is 10.3. The van der Waals surface area contributed by atoms with Crippen molar-refractivity contribution in [3.63, 3.8) is 0 Å². The average Bonchev–Trinajstić information content (AvgIpc) is 2.54. The van der Waals surface area contributed by atoms with Crippen molar-refractivity contribution in [3.8, 4) is 5.75 Å². The first-order valence-electron chi connectivity index (χ1n) is 8.69. The third-order valence-corrected chi connectivity index (χ3v) is 3.46. The predicted octanol–water partition coefficient (Wildman–Crippen LogP) is 2.35. The zero-order valence-corrected chi connectivity index (χ0v) is 15.1. The van der Waals surface area contributed by atoms with Gasteiger partial charge in [0.2, 0.25) is 0 Å². The summed E-state index contributed by atoms with van der Waals surface area (Å²) in [7, 11) is 0. The van der Waals surface area contributed by atoms with Crippen LogP contribution in [-0.4, -0.2) is 49.4 Å². The number of benzene rings is 1. The summed E-state index contributed by atoms with van der Waals surface area (Å²) in [5, 5.41) is 13.1. The summed E-state index contributed by atoms with van der Waals surface area (Å²) in [4.78, 5) is 11.0. The van der Waals surface area contributed by atoms with Crippen LogP contribution in [0.5, 0.6) is 5.75 Å². The van der Waals surface area contributed by atoms with Crippen LogP contribution in [0.4, 0.5) is 0 Å². The summed E-state index contributed by atoms with van der Waals surface area (Å²) >= 11 is 0. The molecule has 2 N–H and O–H groups in total. The third-order valence-electron chi connectivity index (χ3n) is 3.46. The van der Waals surface area contributed by atoms with Crippen LogP contribution in [0.1, 0.15) is 39.2 Å². The molecule has 0 amide bonds. The molecule has 0 radical (unpaired) electrons. The van der Waals surface area contributed by atoms with Gasteiger partial charge >= 0.3 is 0 Å². The number of ketones is 1. The maximum absolute atomic E-state index is 11.0. The van der Waals surface area contributed by atoms with E-state index in [0.717, 1.165) is 37.3 Å². The van der Waals surface area contributed by atoms with E-state index in [1.807, 2.05) is 38.1 Å². The smallest absolute Gasteiger partial charge is 0.130 e. The minimum Gasteiger partial charge on any atom is -0.491 e. The molecule has 1 atom stereocenters. The molecule has 24 heavy (non-hydrogen) atoms. The van der Waals surface area contributed by atoms with E-state index in [-0.39, 0.29) is 18.5 Å². The predicted molar refractivity (Wildman–Crippen MR) is 95.5 cm³/mol. The summed E-state index contributed by atoms with van der Waals surface area (Å²) < 4.78 is 11.0. The van der Waals surface area contributed by atoms with Crippen LogP contribution in [-0.2, 0) is 16.0 Å². The maximum atomic E-state index is 11.0. The quantitative estimate of drug-likeness (QED) is 0.541. The molecule has 0 aliphatic heterocycles. The minimum atomic E-state index is -0.548. The Balaban J connectivity index is 2.13. The summed E-state index contributed by atoms with van der Waals surface area (Å²) in [6.07, 6.45) is 1.95. The number of nitrogens with one attached hydrogen (secondary N) is 1. The Labute approximate surface area is 145 Å². The number of aliphatic hydroxyl groups is 1. The van der Waals surface area contributed by atoms with Crippen molar-refractivity contribution in [2.45, 2.75) is 52.2 Å². The van der Waals surface area contributed by atoms with E-state index >= 15 is 0 Å². The number of hydrogen-bond donors (Lipinski definition) is 2. The lowest BCUT2D eigenvalue weighted by atomic mass is 10.1. The Morgan fingerprint density at radius 1 is 1.25 bits per heavy atom. The van der Waals surface area contributed by atoms with Gasteiger partial charge in [-0.05, 0) is 57.9 Å². The number of hydrogen-bond acceptors (Lipinski definition) is 5. The summed E-state index contributed by atoms with van der Waals surface area (Å²) in [6, 6.07) is 7.66. The van der Waals surface area contributed by atoms with Crippen LogP contribution in [0.3, 0.4) is 0 Å². The molecule has 0 unspecified atom stereocenters. The van der Waals surface area contributed by atoms with Gasteiger partial charge in [-0.2, -0.15) is 0 Å². The fourth-order valence-electron chi connectivity index (χ4n) is 2.11. The molecule has 1 rings (SSSR count). The molecule has 136 valence electrons. The zero-order valence-electron chi connectivity index (χ0n) is 15.1. The van der Waals surface area contributed by atoms with Gasteiger partial charge in [-0.15, -0.1) is 0 Å². The molecular weight excluding hydrogens is 306 g/mol. The first-order valence-corrected chi connectivity index (χ1v) is 8.69. The van der Waals surface area contributed by atoms with Crippen molar-refractivity contribution in [1.82, 2.24) is 5.32 Å². The van der Waals surface area contributed by atoms with Crippen molar-refractivity contribution < 1.29 is 19.4 Å². The fraction of sp³-hybridized carbons (Fsp3) is 0.632. The molecule has 1 aromatic carbocycles. The van der Waals surface area contributed by atoms with Gasteiger partial charge in [-0.25, -0.2) is 0 Å². The van der Waals surface area contributed by atoms with E-state index in [2.05, 4.69) is 5.32 Å². The largest absolute Gasteiger partial charge is 0.491 e. The maximum Gasteiger partial charge on any atom is 0.130 e. The van der Waals surface area contributed by atoms with Gasteiger partial charge in [0.25, 0.3) is 0 Å². The number of rotatable bonds is 13. The monoisotopic (exact) mass is 337 g/mol. The first kappa shape index (κ1) is 20.6. The molecule has 0 fully saturated rings. The van der Waals surface area contributed by atoms with E-state index in [0.29, 0.717) is 13.0 Å². The van der Waals surface area contributed by atoms with Gasteiger partial charge in [0, 0.05) is 19.6 Å². The minimum absolute atomic E-state index is 0.196. The van der Waals surface area contributed by atoms with Gasteiger partial charge in [0.1, 0.15) is 24.2 Å². The van der Waals surface area contributed by atoms with Gasteiger partial charge in [0.15, 0.2) is 0 Å². The standard InChI is InChI=1S/C19H31NO4/c1-15(2)23-12-4-11-20-13-18(22)14-24-19-9-7-17(8-10-19)6-5-16(3)21/h7-10,15,18,20,22H,4-6,11-14H2,1-3H3/t18-/m0/s1. The lowest BCUT2D eigenvalue weighted by Gasteiger charge is -2.14. The van der Waals surface area contributed by atoms with E-state index in [4.69, 9.17) is 9.47 Å². The zero-order chi connectivity index (χ0) is 17.8. The molecule has 0 spiro atoms. The number of aliphatic hydroxyl groups excluding tert-OH is 1. The SMILES string of the molecule is CC(=O)CCc1ccc(OC[C@@H](O)CNCCCOC(C)C)cc1. The average molecular weight is 337 g/mol. The van der Waals surface area contributed by atoms with Crippen LogP contribution in [0.25, 0.3) is 0 Å². The molecule has 0 bridgehead atoms. The molecule has 0 heterocycles. The van der Waals surface area contributed by atoms with Crippen molar-refractivity contribution in [2.75, 3.05) is 26.3 Å². The second kappa shape index (κ2) is 12.0. The summed E-state index contributed by atoms with van der Waals surface area (Å²) in [6.45, 7) is 7.93. The van der Waals surface area contributed by atoms with Crippen molar-refractivity contribution in [3.05, 3.63) is 29.8 Å². The van der Waals surface area contributed by atoms with Gasteiger partial charge < -0.3 is 24.7 Å². The highest BCUT2D eigenvalue weighted by Crippen LogP contribution is 2.13. The Hall–Kier alpha value is -1.43. The Morgan fingerprint density at radius 3 is 2.58 bits per heavy atom. The number of carbonyl (C=O) groups excluding carboxylic acids is 1. The number of aryl methyl sites for hydroxylation is 1. The molecular formula is C19H31NO4. The topological polar surface area (TPSA) is 67.8 Å². The second-order valence-electron chi connectivity index (χ2n) is 6.29. The van der Waals surface area contributed by atoms with Crippen LogP contribution < -0.4 is 10.1 Å². The Bertz CT molecular complexity index is 459. The van der Waals surface area contributed by atoms with Gasteiger partial charge in [-0.3, -0.25) is 0 Å². The molecule has 5 heteroatoms. The second-order valence-corrected chi connectivity index (χ2v) is 6.29. The third kappa shape index (κ3) is 10.4. The van der Waals surface area contributed by atoms with E-state index < -0.39 is 6.10 Å². The van der Waals surface area contributed by atoms with Crippen LogP contribution in [0.15, 0.2) is 24.3 Å². The molecule has 0 aliphatic carbocycles. The highest BCUT2D eigenvalue weighted by Gasteiger charge is 2.05. The normalized spacial score (nSPS) is 12.4. The summed E-state index contributed by atoms with van der Waals surface area (Å²) in [5.74, 6) is 0.924. The highest BCUT2D eigenvalue weighted by molar-refractivity contribution is 5.75. The molecule has 1 aromatic rings. The lowest BCUT2D eigenvalue weighted by Crippen LogP contribution is -2.32. The van der Waals surface area contributed by atoms with Crippen LogP contribution in [0.2, 0.25) is 0 Å². The molecule has 0 aliphatic rings. The molecule has 5 nitrogen and oxygen atoms in total. The molecule has 0 saturated carbocycles. The lowest BCUT2D eigenvalue weighted by molar-refractivity contribution is -0.116. The van der Waals surface area contributed by atoms with E-state index in [9.17, 15) is 9.90 Å². The van der Waals surface area contributed by atoms with Gasteiger partial charge in [0.05, 0.1) is 6.10 Å². The highest BCUT2D eigenvalue weighted by atomic mass is 16.5. The van der Waals surface area contributed by atoms with Crippen molar-refractivity contribution >= 4 is 5.78 Å². The summed E-state index contributed by atoms with van der Waals surface area (Å²) in [5.41, 5.74) is 1.11.